The highest BCUT2D eigenvalue weighted by Crippen LogP contribution is 2.38. The summed E-state index contributed by atoms with van der Waals surface area (Å²) < 4.78 is 17.6. The number of fused-ring (bicyclic) bond motifs is 1. The van der Waals surface area contributed by atoms with Gasteiger partial charge in [0.25, 0.3) is 0 Å². The highest BCUT2D eigenvalue weighted by Gasteiger charge is 2.33. The first kappa shape index (κ1) is 23.5. The molecule has 0 unspecified atom stereocenters. The van der Waals surface area contributed by atoms with Gasteiger partial charge >= 0.3 is 5.97 Å². The summed E-state index contributed by atoms with van der Waals surface area (Å²) >= 11 is 6.75. The Labute approximate surface area is 199 Å². The normalized spacial score (nSPS) is 16.5. The summed E-state index contributed by atoms with van der Waals surface area (Å²) in [7, 11) is 1.68. The van der Waals surface area contributed by atoms with Crippen LogP contribution in [0.2, 0.25) is 0 Å². The maximum atomic E-state index is 11.1. The number of carbonyl (C=O) groups is 1. The summed E-state index contributed by atoms with van der Waals surface area (Å²) in [5.74, 6) is 1.22. The molecule has 2 heterocycles. The van der Waals surface area contributed by atoms with E-state index in [9.17, 15) is 4.79 Å². The first-order valence-electron chi connectivity index (χ1n) is 11.4. The molecule has 0 aromatic heterocycles. The second-order valence-electron chi connectivity index (χ2n) is 8.59. The number of benzene rings is 2. The number of ether oxygens (including phenoxy) is 3. The number of hydrogen-bond acceptors (Lipinski definition) is 5. The molecule has 0 amide bonds. The fourth-order valence-corrected chi connectivity index (χ4v) is 4.57. The van der Waals surface area contributed by atoms with E-state index in [1.54, 1.807) is 7.11 Å². The summed E-state index contributed by atoms with van der Waals surface area (Å²) in [6, 6.07) is 12.0. The van der Waals surface area contributed by atoms with Crippen molar-refractivity contribution in [1.82, 2.24) is 4.90 Å². The van der Waals surface area contributed by atoms with Gasteiger partial charge in [0, 0.05) is 43.2 Å². The lowest BCUT2D eigenvalue weighted by molar-refractivity contribution is -0.147. The summed E-state index contributed by atoms with van der Waals surface area (Å²) in [5.41, 5.74) is 4.16. The molecule has 2 aromatic rings. The van der Waals surface area contributed by atoms with Gasteiger partial charge in [-0.15, -0.1) is 0 Å². The van der Waals surface area contributed by atoms with Crippen molar-refractivity contribution in [1.29, 1.82) is 0 Å². The zero-order chi connectivity index (χ0) is 23.4. The molecule has 1 saturated heterocycles. The van der Waals surface area contributed by atoms with E-state index in [1.165, 1.54) is 5.56 Å². The predicted molar refractivity (Wildman–Crippen MR) is 128 cm³/mol. The highest BCUT2D eigenvalue weighted by molar-refractivity contribution is 6.49. The first-order chi connectivity index (χ1) is 16.0. The molecule has 7 heteroatoms. The van der Waals surface area contributed by atoms with Crippen molar-refractivity contribution in [3.8, 4) is 17.2 Å². The molecule has 0 radical (unpaired) electrons. The standard InChI is InChI=1S/C26H30ClNO5/c1-3-4-17-5-6-19(23(11-17)31-2)16-33-21-7-8-22-24(12-21)32-10-9-18(25(22)27)13-28-14-20(15-28)26(29)30/h5-8,11-12,20H,3-4,9-10,13-16H2,1-2H3,(H,29,30). The van der Waals surface area contributed by atoms with Gasteiger partial charge in [-0.2, -0.15) is 0 Å². The zero-order valence-electron chi connectivity index (χ0n) is 19.1. The Hall–Kier alpha value is -2.70. The minimum atomic E-state index is -0.733. The molecule has 2 aliphatic heterocycles. The zero-order valence-corrected chi connectivity index (χ0v) is 19.9. The number of aliphatic carboxylic acids is 1. The lowest BCUT2D eigenvalue weighted by Gasteiger charge is -2.37. The molecule has 0 spiro atoms. The first-order valence-corrected chi connectivity index (χ1v) is 11.7. The third kappa shape index (κ3) is 5.45. The molecule has 6 nitrogen and oxygen atoms in total. The van der Waals surface area contributed by atoms with Crippen molar-refractivity contribution >= 4 is 22.6 Å². The van der Waals surface area contributed by atoms with Gasteiger partial charge in [0.2, 0.25) is 0 Å². The smallest absolute Gasteiger partial charge is 0.309 e. The average Bonchev–Trinajstić information content (AvgIpc) is 2.93. The molecular formula is C26H30ClNO5. The molecule has 33 heavy (non-hydrogen) atoms. The fourth-order valence-electron chi connectivity index (χ4n) is 4.26. The molecule has 0 aliphatic carbocycles. The molecule has 0 atom stereocenters. The Kier molecular flexibility index (Phi) is 7.46. The predicted octanol–water partition coefficient (Wildman–Crippen LogP) is 4.98. The maximum absolute atomic E-state index is 11.1. The lowest BCUT2D eigenvalue weighted by Crippen LogP contribution is -2.50. The van der Waals surface area contributed by atoms with Crippen LogP contribution in [0.5, 0.6) is 17.2 Å². The van der Waals surface area contributed by atoms with Gasteiger partial charge in [-0.25, -0.2) is 0 Å². The molecule has 176 valence electrons. The number of carboxylic acid groups (broad SMARTS) is 1. The van der Waals surface area contributed by atoms with E-state index in [-0.39, 0.29) is 5.92 Å². The van der Waals surface area contributed by atoms with E-state index in [4.69, 9.17) is 30.9 Å². The van der Waals surface area contributed by atoms with Crippen LogP contribution in [0.4, 0.5) is 0 Å². The van der Waals surface area contributed by atoms with Crippen LogP contribution in [0, 0.1) is 5.92 Å². The number of hydrogen-bond donors (Lipinski definition) is 1. The second-order valence-corrected chi connectivity index (χ2v) is 8.97. The van der Waals surface area contributed by atoms with Crippen molar-refractivity contribution in [3.63, 3.8) is 0 Å². The Balaban J connectivity index is 1.44. The minimum absolute atomic E-state index is 0.278. The number of carboxylic acids is 1. The summed E-state index contributed by atoms with van der Waals surface area (Å²) in [6.07, 6.45) is 2.82. The van der Waals surface area contributed by atoms with E-state index < -0.39 is 5.97 Å². The highest BCUT2D eigenvalue weighted by atomic mass is 35.5. The van der Waals surface area contributed by atoms with Crippen molar-refractivity contribution in [2.24, 2.45) is 5.92 Å². The number of methoxy groups -OCH3 is 1. The van der Waals surface area contributed by atoms with Crippen LogP contribution in [0.25, 0.3) is 5.03 Å². The van der Waals surface area contributed by atoms with Crippen LogP contribution in [0.3, 0.4) is 0 Å². The third-order valence-corrected chi connectivity index (χ3v) is 6.64. The molecule has 2 aliphatic rings. The lowest BCUT2D eigenvalue weighted by atomic mass is 9.98. The van der Waals surface area contributed by atoms with Gasteiger partial charge < -0.3 is 19.3 Å². The van der Waals surface area contributed by atoms with Crippen LogP contribution < -0.4 is 14.2 Å². The molecule has 0 saturated carbocycles. The van der Waals surface area contributed by atoms with Gasteiger partial charge in [-0.3, -0.25) is 9.69 Å². The van der Waals surface area contributed by atoms with Crippen LogP contribution in [0.15, 0.2) is 42.0 Å². The average molecular weight is 472 g/mol. The molecular weight excluding hydrogens is 442 g/mol. The number of rotatable bonds is 9. The van der Waals surface area contributed by atoms with Crippen LogP contribution in [0.1, 0.15) is 36.5 Å². The Morgan fingerprint density at radius 2 is 2.06 bits per heavy atom. The SMILES string of the molecule is CCCc1ccc(COc2ccc3c(c2)OCCC(CN2CC(C(=O)O)C2)=C3Cl)c(OC)c1. The van der Waals surface area contributed by atoms with Crippen molar-refractivity contribution in [3.05, 3.63) is 58.7 Å². The van der Waals surface area contributed by atoms with Gasteiger partial charge in [0.1, 0.15) is 23.9 Å². The van der Waals surface area contributed by atoms with Gasteiger partial charge in [-0.05, 0) is 35.8 Å². The van der Waals surface area contributed by atoms with Crippen LogP contribution in [-0.2, 0) is 17.8 Å². The molecule has 1 fully saturated rings. The van der Waals surface area contributed by atoms with Crippen LogP contribution >= 0.6 is 11.6 Å². The maximum Gasteiger partial charge on any atom is 0.309 e. The topological polar surface area (TPSA) is 68.2 Å². The van der Waals surface area contributed by atoms with Gasteiger partial charge in [-0.1, -0.05) is 37.1 Å². The number of likely N-dealkylation sites (tertiary alicyclic amines) is 1. The van der Waals surface area contributed by atoms with E-state index in [1.807, 2.05) is 18.2 Å². The third-order valence-electron chi connectivity index (χ3n) is 6.17. The summed E-state index contributed by atoms with van der Waals surface area (Å²) in [4.78, 5) is 13.2. The van der Waals surface area contributed by atoms with Gasteiger partial charge in [0.05, 0.1) is 24.7 Å². The van der Waals surface area contributed by atoms with E-state index in [2.05, 4.69) is 30.0 Å². The number of halogens is 1. The Bertz CT molecular complexity index is 1040. The molecule has 4 rings (SSSR count). The molecule has 1 N–H and O–H groups in total. The van der Waals surface area contributed by atoms with E-state index in [0.717, 1.165) is 35.3 Å². The largest absolute Gasteiger partial charge is 0.496 e. The van der Waals surface area contributed by atoms with E-state index >= 15 is 0 Å². The molecule has 0 bridgehead atoms. The Morgan fingerprint density at radius 3 is 2.79 bits per heavy atom. The van der Waals surface area contributed by atoms with Gasteiger partial charge in [0.15, 0.2) is 0 Å². The minimum Gasteiger partial charge on any atom is -0.496 e. The van der Waals surface area contributed by atoms with E-state index in [0.29, 0.717) is 55.8 Å². The Morgan fingerprint density at radius 1 is 1.24 bits per heavy atom. The second kappa shape index (κ2) is 10.5. The summed E-state index contributed by atoms with van der Waals surface area (Å²) in [5, 5.41) is 9.77. The van der Waals surface area contributed by atoms with Crippen LogP contribution in [-0.4, -0.2) is 49.3 Å². The van der Waals surface area contributed by atoms with Crippen molar-refractivity contribution < 1.29 is 24.1 Å². The number of nitrogens with zero attached hydrogens (tertiary/aromatic N) is 1. The monoisotopic (exact) mass is 471 g/mol. The quantitative estimate of drug-likeness (QED) is 0.556. The van der Waals surface area contributed by atoms with Crippen molar-refractivity contribution in [2.75, 3.05) is 33.4 Å². The summed E-state index contributed by atoms with van der Waals surface area (Å²) in [6.45, 7) is 4.86. The number of aryl methyl sites for hydroxylation is 1. The fraction of sp³-hybridized carbons (Fsp3) is 0.423. The van der Waals surface area contributed by atoms with Crippen molar-refractivity contribution in [2.45, 2.75) is 32.8 Å². The molecule has 2 aromatic carbocycles.